The second-order valence-corrected chi connectivity index (χ2v) is 3.40. The molecule has 1 amide bonds. The van der Waals surface area contributed by atoms with Crippen molar-refractivity contribution in [2.45, 2.75) is 6.54 Å². The molecule has 0 aliphatic heterocycles. The van der Waals surface area contributed by atoms with E-state index in [1.807, 2.05) is 5.43 Å². The van der Waals surface area contributed by atoms with Crippen molar-refractivity contribution in [1.82, 2.24) is 15.2 Å². The summed E-state index contributed by atoms with van der Waals surface area (Å²) in [5.74, 6) is 4.48. The van der Waals surface area contributed by atoms with Crippen molar-refractivity contribution in [1.29, 1.82) is 0 Å². The molecule has 94 valence electrons. The van der Waals surface area contributed by atoms with Gasteiger partial charge < -0.3 is 4.42 Å². The highest BCUT2D eigenvalue weighted by Gasteiger charge is 2.16. The summed E-state index contributed by atoms with van der Waals surface area (Å²) in [5.41, 5.74) is 2.35. The lowest BCUT2D eigenvalue weighted by Crippen LogP contribution is -2.30. The van der Waals surface area contributed by atoms with Crippen LogP contribution < -0.4 is 11.3 Å². The van der Waals surface area contributed by atoms with E-state index in [-0.39, 0.29) is 18.0 Å². The van der Waals surface area contributed by atoms with Gasteiger partial charge in [-0.15, -0.1) is 0 Å². The van der Waals surface area contributed by atoms with Crippen molar-refractivity contribution in [3.63, 3.8) is 0 Å². The maximum atomic E-state index is 11.3. The molecule has 0 atom stereocenters. The Morgan fingerprint density at radius 3 is 3.06 bits per heavy atom. The highest BCUT2D eigenvalue weighted by Crippen LogP contribution is 2.14. The second-order valence-electron chi connectivity index (χ2n) is 3.40. The number of nitrogens with two attached hydrogens (primary N) is 1. The van der Waals surface area contributed by atoms with Crippen molar-refractivity contribution in [2.24, 2.45) is 5.84 Å². The third-order valence-corrected chi connectivity index (χ3v) is 2.25. The maximum Gasteiger partial charge on any atom is 0.307 e. The van der Waals surface area contributed by atoms with Crippen molar-refractivity contribution in [2.75, 3.05) is 0 Å². The lowest BCUT2D eigenvalue weighted by atomic mass is 10.2. The van der Waals surface area contributed by atoms with E-state index in [0.717, 1.165) is 6.20 Å². The lowest BCUT2D eigenvalue weighted by Gasteiger charge is -2.01. The van der Waals surface area contributed by atoms with E-state index in [2.05, 4.69) is 5.10 Å². The average Bonchev–Trinajstić information content (AvgIpc) is 2.97. The van der Waals surface area contributed by atoms with Crippen LogP contribution >= 0.6 is 0 Å². The number of carbonyl (C=O) groups excluding carboxylic acids is 1. The molecule has 0 aromatic carbocycles. The maximum absolute atomic E-state index is 11.3. The standard InChI is InChI=1S/C9H9N5O4/c10-12-9(15)8-6(1-2-18-8)4-13-5-7(3-11-13)14(16)17/h1-3,5H,4,10H2,(H,12,15). The van der Waals surface area contributed by atoms with Gasteiger partial charge in [-0.05, 0) is 6.07 Å². The van der Waals surface area contributed by atoms with Gasteiger partial charge in [0.05, 0.1) is 17.7 Å². The van der Waals surface area contributed by atoms with Crippen LogP contribution in [0.4, 0.5) is 5.69 Å². The minimum Gasteiger partial charge on any atom is -0.459 e. The molecule has 0 radical (unpaired) electrons. The number of aromatic nitrogens is 2. The zero-order valence-electron chi connectivity index (χ0n) is 9.07. The van der Waals surface area contributed by atoms with Gasteiger partial charge in [0, 0.05) is 5.56 Å². The molecule has 9 heteroatoms. The number of nitrogen functional groups attached to an aromatic ring is 1. The number of nitro groups is 1. The Bertz CT molecular complexity index is 587. The summed E-state index contributed by atoms with van der Waals surface area (Å²) in [6.45, 7) is 0.174. The van der Waals surface area contributed by atoms with Crippen LogP contribution in [-0.2, 0) is 6.54 Å². The Kier molecular flexibility index (Phi) is 3.06. The van der Waals surface area contributed by atoms with Crippen LogP contribution in [0.15, 0.2) is 29.1 Å². The normalized spacial score (nSPS) is 10.3. The zero-order valence-corrected chi connectivity index (χ0v) is 9.07. The third kappa shape index (κ3) is 2.20. The van der Waals surface area contributed by atoms with Gasteiger partial charge in [0.25, 0.3) is 0 Å². The van der Waals surface area contributed by atoms with Gasteiger partial charge in [-0.1, -0.05) is 0 Å². The molecule has 2 aromatic heterocycles. The van der Waals surface area contributed by atoms with Gasteiger partial charge >= 0.3 is 11.6 Å². The van der Waals surface area contributed by atoms with Crippen molar-refractivity contribution < 1.29 is 14.1 Å². The SMILES string of the molecule is NNC(=O)c1occc1Cn1cc([N+](=O)[O-])cn1. The van der Waals surface area contributed by atoms with E-state index in [0.29, 0.717) is 5.56 Å². The Morgan fingerprint density at radius 2 is 2.44 bits per heavy atom. The first-order valence-electron chi connectivity index (χ1n) is 4.86. The minimum atomic E-state index is -0.573. The van der Waals surface area contributed by atoms with E-state index in [1.54, 1.807) is 6.07 Å². The molecule has 3 N–H and O–H groups in total. The number of furan rings is 1. The van der Waals surface area contributed by atoms with Crippen LogP contribution in [0.1, 0.15) is 16.1 Å². The number of nitrogens with zero attached hydrogens (tertiary/aromatic N) is 3. The van der Waals surface area contributed by atoms with Crippen LogP contribution in [0.2, 0.25) is 0 Å². The second kappa shape index (κ2) is 4.67. The molecule has 0 saturated heterocycles. The van der Waals surface area contributed by atoms with E-state index >= 15 is 0 Å². The lowest BCUT2D eigenvalue weighted by molar-refractivity contribution is -0.385. The van der Waals surface area contributed by atoms with Crippen LogP contribution in [0.25, 0.3) is 0 Å². The zero-order chi connectivity index (χ0) is 13.1. The fourth-order valence-corrected chi connectivity index (χ4v) is 1.43. The van der Waals surface area contributed by atoms with E-state index in [9.17, 15) is 14.9 Å². The third-order valence-electron chi connectivity index (χ3n) is 2.25. The molecule has 0 spiro atoms. The molecule has 2 aromatic rings. The predicted octanol–water partition coefficient (Wildman–Crippen LogP) is 0.0361. The van der Waals surface area contributed by atoms with Gasteiger partial charge in [-0.2, -0.15) is 5.10 Å². The molecule has 2 rings (SSSR count). The van der Waals surface area contributed by atoms with Crippen LogP contribution in [0.5, 0.6) is 0 Å². The molecule has 0 saturated carbocycles. The number of hydrogen-bond donors (Lipinski definition) is 2. The quantitative estimate of drug-likeness (QED) is 0.341. The first-order chi connectivity index (χ1) is 8.61. The molecular formula is C9H9N5O4. The summed E-state index contributed by atoms with van der Waals surface area (Å²) in [7, 11) is 0. The van der Waals surface area contributed by atoms with Crippen molar-refractivity contribution in [3.05, 3.63) is 46.2 Å². The van der Waals surface area contributed by atoms with Gasteiger partial charge in [0.2, 0.25) is 0 Å². The molecule has 2 heterocycles. The van der Waals surface area contributed by atoms with E-state index < -0.39 is 10.8 Å². The first-order valence-corrected chi connectivity index (χ1v) is 4.86. The number of rotatable bonds is 4. The number of carbonyl (C=O) groups is 1. The van der Waals surface area contributed by atoms with Crippen LogP contribution in [0.3, 0.4) is 0 Å². The summed E-state index contributed by atoms with van der Waals surface area (Å²) >= 11 is 0. The van der Waals surface area contributed by atoms with Crippen LogP contribution in [-0.4, -0.2) is 20.6 Å². The number of amides is 1. The van der Waals surface area contributed by atoms with E-state index in [4.69, 9.17) is 10.3 Å². The Hall–Kier alpha value is -2.68. The average molecular weight is 251 g/mol. The molecule has 0 fully saturated rings. The molecule has 9 nitrogen and oxygen atoms in total. The van der Waals surface area contributed by atoms with Crippen LogP contribution in [0, 0.1) is 10.1 Å². The van der Waals surface area contributed by atoms with Gasteiger partial charge in [0.1, 0.15) is 12.4 Å². The topological polar surface area (TPSA) is 129 Å². The van der Waals surface area contributed by atoms with Crippen molar-refractivity contribution in [3.8, 4) is 0 Å². The molecule has 0 aliphatic rings. The van der Waals surface area contributed by atoms with Gasteiger partial charge in [-0.3, -0.25) is 25.0 Å². The van der Waals surface area contributed by atoms with Gasteiger partial charge in [-0.25, -0.2) is 5.84 Å². The Balaban J connectivity index is 2.20. The fraction of sp³-hybridized carbons (Fsp3) is 0.111. The van der Waals surface area contributed by atoms with Crippen molar-refractivity contribution >= 4 is 11.6 Å². The first kappa shape index (κ1) is 11.8. The number of hydrazine groups is 1. The minimum absolute atomic E-state index is 0.0515. The summed E-state index contributed by atoms with van der Waals surface area (Å²) in [6.07, 6.45) is 3.72. The highest BCUT2D eigenvalue weighted by atomic mass is 16.6. The fourth-order valence-electron chi connectivity index (χ4n) is 1.43. The smallest absolute Gasteiger partial charge is 0.307 e. The highest BCUT2D eigenvalue weighted by molar-refractivity contribution is 5.92. The molecule has 0 bridgehead atoms. The Labute approximate surface area is 100 Å². The molecular weight excluding hydrogens is 242 g/mol. The molecule has 0 unspecified atom stereocenters. The summed E-state index contributed by atoms with van der Waals surface area (Å²) in [4.78, 5) is 21.3. The molecule has 0 aliphatic carbocycles. The summed E-state index contributed by atoms with van der Waals surface area (Å²) < 4.78 is 6.31. The number of hydrogen-bond acceptors (Lipinski definition) is 6. The largest absolute Gasteiger partial charge is 0.459 e. The van der Waals surface area contributed by atoms with Gasteiger partial charge in [0.15, 0.2) is 5.76 Å². The number of nitrogens with one attached hydrogen (secondary N) is 1. The monoisotopic (exact) mass is 251 g/mol. The molecule has 18 heavy (non-hydrogen) atoms. The summed E-state index contributed by atoms with van der Waals surface area (Å²) in [6, 6.07) is 1.57. The predicted molar refractivity (Wildman–Crippen MR) is 58.3 cm³/mol. The Morgan fingerprint density at radius 1 is 1.67 bits per heavy atom. The summed E-state index contributed by atoms with van der Waals surface area (Å²) in [5, 5.41) is 14.3. The van der Waals surface area contributed by atoms with E-state index in [1.165, 1.54) is 17.1 Å².